The summed E-state index contributed by atoms with van der Waals surface area (Å²) in [5.41, 5.74) is 0. The molecule has 3 nitrogen and oxygen atoms in total. The maximum atomic E-state index is 11.2. The third-order valence-corrected chi connectivity index (χ3v) is 2.84. The van der Waals surface area contributed by atoms with E-state index in [-0.39, 0.29) is 5.91 Å². The number of thioether (sulfide) groups is 1. The molecule has 1 amide bonds. The van der Waals surface area contributed by atoms with Gasteiger partial charge in [-0.2, -0.15) is 0 Å². The van der Waals surface area contributed by atoms with E-state index in [1.165, 1.54) is 0 Å². The van der Waals surface area contributed by atoms with Gasteiger partial charge in [-0.25, -0.2) is 0 Å². The number of hydrogen-bond donors (Lipinski definition) is 1. The van der Waals surface area contributed by atoms with E-state index < -0.39 is 0 Å². The molecule has 1 heterocycles. The molecule has 0 saturated carbocycles. The zero-order chi connectivity index (χ0) is 8.27. The lowest BCUT2D eigenvalue weighted by Gasteiger charge is -2.31. The van der Waals surface area contributed by atoms with Crippen molar-refractivity contribution in [2.45, 2.75) is 12.3 Å². The minimum atomic E-state index is 0.220. The lowest BCUT2D eigenvalue weighted by Crippen LogP contribution is -2.50. The van der Waals surface area contributed by atoms with Crippen LogP contribution in [0.15, 0.2) is 0 Å². The van der Waals surface area contributed by atoms with Crippen LogP contribution in [-0.4, -0.2) is 42.1 Å². The smallest absolute Gasteiger partial charge is 0.237 e. The van der Waals surface area contributed by atoms with Gasteiger partial charge in [0, 0.05) is 13.1 Å². The Bertz CT molecular complexity index is 151. The van der Waals surface area contributed by atoms with Crippen LogP contribution in [0, 0.1) is 0 Å². The van der Waals surface area contributed by atoms with Gasteiger partial charge in [0.25, 0.3) is 0 Å². The topological polar surface area (TPSA) is 32.3 Å². The zero-order valence-electron chi connectivity index (χ0n) is 6.96. The lowest BCUT2D eigenvalue weighted by atomic mass is 10.3. The van der Waals surface area contributed by atoms with Crippen molar-refractivity contribution in [1.29, 1.82) is 0 Å². The van der Waals surface area contributed by atoms with Crippen LogP contribution in [0.4, 0.5) is 0 Å². The van der Waals surface area contributed by atoms with Gasteiger partial charge >= 0.3 is 0 Å². The number of rotatable bonds is 2. The SMILES string of the molecule is CS[C@@H](C)N1CCNCC1=O. The van der Waals surface area contributed by atoms with Crippen LogP contribution in [0.3, 0.4) is 0 Å². The Morgan fingerprint density at radius 1 is 1.73 bits per heavy atom. The van der Waals surface area contributed by atoms with Gasteiger partial charge in [-0.3, -0.25) is 4.79 Å². The molecule has 0 radical (unpaired) electrons. The van der Waals surface area contributed by atoms with Crippen LogP contribution < -0.4 is 5.32 Å². The third-order valence-electron chi connectivity index (χ3n) is 1.91. The van der Waals surface area contributed by atoms with Crippen molar-refractivity contribution in [2.75, 3.05) is 25.9 Å². The summed E-state index contributed by atoms with van der Waals surface area (Å²) in [6.45, 7) is 4.34. The molecule has 1 aliphatic heterocycles. The van der Waals surface area contributed by atoms with Crippen molar-refractivity contribution in [2.24, 2.45) is 0 Å². The monoisotopic (exact) mass is 174 g/mol. The normalized spacial score (nSPS) is 22.0. The highest BCUT2D eigenvalue weighted by Crippen LogP contribution is 2.12. The van der Waals surface area contributed by atoms with Crippen molar-refractivity contribution >= 4 is 17.7 Å². The second-order valence-electron chi connectivity index (χ2n) is 2.60. The van der Waals surface area contributed by atoms with Gasteiger partial charge < -0.3 is 10.2 Å². The molecule has 0 spiro atoms. The molecule has 1 atom stereocenters. The molecule has 0 aliphatic carbocycles. The lowest BCUT2D eigenvalue weighted by molar-refractivity contribution is -0.132. The zero-order valence-corrected chi connectivity index (χ0v) is 7.78. The van der Waals surface area contributed by atoms with Gasteiger partial charge in [-0.1, -0.05) is 0 Å². The van der Waals surface area contributed by atoms with Crippen LogP contribution in [0.5, 0.6) is 0 Å². The van der Waals surface area contributed by atoms with Gasteiger partial charge in [0.1, 0.15) is 0 Å². The molecule has 1 rings (SSSR count). The molecular formula is C7H14N2OS. The van der Waals surface area contributed by atoms with Crippen LogP contribution >= 0.6 is 11.8 Å². The molecule has 0 aromatic carbocycles. The number of amides is 1. The van der Waals surface area contributed by atoms with E-state index in [2.05, 4.69) is 12.2 Å². The fourth-order valence-corrected chi connectivity index (χ4v) is 1.61. The molecule has 11 heavy (non-hydrogen) atoms. The number of nitrogens with zero attached hydrogens (tertiary/aromatic N) is 1. The summed E-state index contributed by atoms with van der Waals surface area (Å²) in [7, 11) is 0. The number of carbonyl (C=O) groups is 1. The predicted molar refractivity (Wildman–Crippen MR) is 47.6 cm³/mol. The van der Waals surface area contributed by atoms with E-state index >= 15 is 0 Å². The summed E-state index contributed by atoms with van der Waals surface area (Å²) < 4.78 is 0. The number of hydrogen-bond acceptors (Lipinski definition) is 3. The van der Waals surface area contributed by atoms with Crippen LogP contribution in [0.25, 0.3) is 0 Å². The van der Waals surface area contributed by atoms with E-state index in [1.54, 1.807) is 11.8 Å². The van der Waals surface area contributed by atoms with Crippen molar-refractivity contribution in [1.82, 2.24) is 10.2 Å². The second-order valence-corrected chi connectivity index (χ2v) is 3.75. The van der Waals surface area contributed by atoms with E-state index in [0.717, 1.165) is 13.1 Å². The Balaban J connectivity index is 2.47. The highest BCUT2D eigenvalue weighted by molar-refractivity contribution is 7.99. The molecular weight excluding hydrogens is 160 g/mol. The summed E-state index contributed by atoms with van der Waals surface area (Å²) >= 11 is 1.71. The molecule has 1 fully saturated rings. The Morgan fingerprint density at radius 2 is 2.45 bits per heavy atom. The van der Waals surface area contributed by atoms with E-state index in [1.807, 2.05) is 11.2 Å². The summed E-state index contributed by atoms with van der Waals surface area (Å²) in [5.74, 6) is 0.220. The first kappa shape index (κ1) is 8.87. The summed E-state index contributed by atoms with van der Waals surface area (Å²) in [6.07, 6.45) is 2.03. The van der Waals surface area contributed by atoms with Crippen LogP contribution in [0.2, 0.25) is 0 Å². The van der Waals surface area contributed by atoms with Crippen molar-refractivity contribution in [3.63, 3.8) is 0 Å². The highest BCUT2D eigenvalue weighted by atomic mass is 32.2. The number of nitrogens with one attached hydrogen (secondary N) is 1. The number of piperazine rings is 1. The fourth-order valence-electron chi connectivity index (χ4n) is 1.13. The Hall–Kier alpha value is -0.220. The van der Waals surface area contributed by atoms with E-state index in [9.17, 15) is 4.79 Å². The molecule has 1 saturated heterocycles. The Morgan fingerprint density at radius 3 is 3.00 bits per heavy atom. The average molecular weight is 174 g/mol. The van der Waals surface area contributed by atoms with Gasteiger partial charge in [0.2, 0.25) is 5.91 Å². The first-order chi connectivity index (χ1) is 5.25. The van der Waals surface area contributed by atoms with Gasteiger partial charge in [-0.05, 0) is 13.2 Å². The largest absolute Gasteiger partial charge is 0.329 e. The maximum absolute atomic E-state index is 11.2. The Labute approximate surface area is 71.5 Å². The molecule has 1 aliphatic rings. The summed E-state index contributed by atoms with van der Waals surface area (Å²) in [6, 6.07) is 0. The molecule has 0 unspecified atom stereocenters. The maximum Gasteiger partial charge on any atom is 0.237 e. The quantitative estimate of drug-likeness (QED) is 0.645. The first-order valence-electron chi connectivity index (χ1n) is 3.78. The molecule has 0 aromatic heterocycles. The predicted octanol–water partition coefficient (Wildman–Crippen LogP) is 0.127. The summed E-state index contributed by atoms with van der Waals surface area (Å²) in [5, 5.41) is 3.37. The minimum Gasteiger partial charge on any atom is -0.329 e. The van der Waals surface area contributed by atoms with Crippen molar-refractivity contribution in [3.8, 4) is 0 Å². The molecule has 1 N–H and O–H groups in total. The third kappa shape index (κ3) is 2.10. The first-order valence-corrected chi connectivity index (χ1v) is 5.07. The van der Waals surface area contributed by atoms with Crippen molar-refractivity contribution < 1.29 is 4.79 Å². The van der Waals surface area contributed by atoms with Gasteiger partial charge in [0.15, 0.2) is 0 Å². The molecule has 4 heteroatoms. The van der Waals surface area contributed by atoms with Crippen LogP contribution in [0.1, 0.15) is 6.92 Å². The Kier molecular flexibility index (Phi) is 3.20. The van der Waals surface area contributed by atoms with Crippen LogP contribution in [-0.2, 0) is 4.79 Å². The summed E-state index contributed by atoms with van der Waals surface area (Å²) in [4.78, 5) is 13.2. The van der Waals surface area contributed by atoms with E-state index in [4.69, 9.17) is 0 Å². The average Bonchev–Trinajstić information content (AvgIpc) is 2.04. The van der Waals surface area contributed by atoms with E-state index in [0.29, 0.717) is 11.9 Å². The molecule has 0 aromatic rings. The fraction of sp³-hybridized carbons (Fsp3) is 0.857. The molecule has 0 bridgehead atoms. The highest BCUT2D eigenvalue weighted by Gasteiger charge is 2.21. The minimum absolute atomic E-state index is 0.220. The van der Waals surface area contributed by atoms with Crippen molar-refractivity contribution in [3.05, 3.63) is 0 Å². The second kappa shape index (κ2) is 3.97. The number of carbonyl (C=O) groups excluding carboxylic acids is 1. The van der Waals surface area contributed by atoms with Gasteiger partial charge in [0.05, 0.1) is 11.9 Å². The van der Waals surface area contributed by atoms with Gasteiger partial charge in [-0.15, -0.1) is 11.8 Å². The standard InChI is InChI=1S/C7H14N2OS/c1-6(11-2)9-4-3-8-5-7(9)10/h6,8H,3-5H2,1-2H3/t6-/m0/s1. The molecule has 64 valence electrons.